The summed E-state index contributed by atoms with van der Waals surface area (Å²) in [6.07, 6.45) is 7.65. The SMILES string of the molecule is Cc1ncc(C(=O)N2CCCCC2)c(C2CCCCN2C(=O)c2cccc(N(C)C)c2)n1. The van der Waals surface area contributed by atoms with E-state index in [1.807, 2.05) is 60.0 Å². The van der Waals surface area contributed by atoms with Crippen molar-refractivity contribution in [3.05, 3.63) is 53.1 Å². The van der Waals surface area contributed by atoms with Gasteiger partial charge >= 0.3 is 0 Å². The maximum Gasteiger partial charge on any atom is 0.257 e. The van der Waals surface area contributed by atoms with Gasteiger partial charge in [0.15, 0.2) is 0 Å². The molecule has 2 aromatic rings. The van der Waals surface area contributed by atoms with Crippen LogP contribution < -0.4 is 4.90 Å². The molecule has 7 nitrogen and oxygen atoms in total. The first-order valence-corrected chi connectivity index (χ1v) is 11.7. The van der Waals surface area contributed by atoms with Crippen molar-refractivity contribution in [3.8, 4) is 0 Å². The number of nitrogens with zero attached hydrogens (tertiary/aromatic N) is 5. The van der Waals surface area contributed by atoms with Crippen molar-refractivity contribution < 1.29 is 9.59 Å². The van der Waals surface area contributed by atoms with E-state index in [-0.39, 0.29) is 17.9 Å². The van der Waals surface area contributed by atoms with Crippen molar-refractivity contribution in [2.24, 2.45) is 0 Å². The lowest BCUT2D eigenvalue weighted by Gasteiger charge is -2.37. The first-order valence-electron chi connectivity index (χ1n) is 11.7. The Hall–Kier alpha value is -2.96. The molecule has 0 saturated carbocycles. The smallest absolute Gasteiger partial charge is 0.257 e. The van der Waals surface area contributed by atoms with Gasteiger partial charge in [0.2, 0.25) is 0 Å². The number of aromatic nitrogens is 2. The van der Waals surface area contributed by atoms with E-state index in [9.17, 15) is 9.59 Å². The second-order valence-corrected chi connectivity index (χ2v) is 9.02. The number of rotatable bonds is 4. The number of anilines is 1. The van der Waals surface area contributed by atoms with Crippen LogP contribution in [0, 0.1) is 6.92 Å². The van der Waals surface area contributed by atoms with Crippen molar-refractivity contribution >= 4 is 17.5 Å². The highest BCUT2D eigenvalue weighted by atomic mass is 16.2. The second kappa shape index (κ2) is 9.67. The van der Waals surface area contributed by atoms with E-state index in [4.69, 9.17) is 4.98 Å². The monoisotopic (exact) mass is 435 g/mol. The molecule has 7 heteroatoms. The summed E-state index contributed by atoms with van der Waals surface area (Å²) in [4.78, 5) is 41.9. The maximum absolute atomic E-state index is 13.6. The molecule has 1 unspecified atom stereocenters. The maximum atomic E-state index is 13.6. The molecule has 170 valence electrons. The van der Waals surface area contributed by atoms with Crippen LogP contribution >= 0.6 is 0 Å². The Bertz CT molecular complexity index is 984. The van der Waals surface area contributed by atoms with Crippen molar-refractivity contribution in [1.82, 2.24) is 19.8 Å². The lowest BCUT2D eigenvalue weighted by atomic mass is 9.94. The van der Waals surface area contributed by atoms with Gasteiger partial charge < -0.3 is 14.7 Å². The fraction of sp³-hybridized carbons (Fsp3) is 0.520. The van der Waals surface area contributed by atoms with E-state index in [2.05, 4.69) is 4.98 Å². The fourth-order valence-corrected chi connectivity index (χ4v) is 4.72. The Kier molecular flexibility index (Phi) is 6.72. The number of hydrogen-bond donors (Lipinski definition) is 0. The predicted molar refractivity (Wildman–Crippen MR) is 125 cm³/mol. The van der Waals surface area contributed by atoms with Gasteiger partial charge in [0, 0.05) is 51.2 Å². The van der Waals surface area contributed by atoms with Crippen molar-refractivity contribution in [2.75, 3.05) is 38.6 Å². The minimum Gasteiger partial charge on any atom is -0.378 e. The molecule has 0 bridgehead atoms. The highest BCUT2D eigenvalue weighted by Crippen LogP contribution is 2.34. The van der Waals surface area contributed by atoms with Crippen LogP contribution in [-0.4, -0.2) is 65.3 Å². The molecule has 1 atom stereocenters. The number of benzene rings is 1. The van der Waals surface area contributed by atoms with Gasteiger partial charge in [-0.1, -0.05) is 6.07 Å². The number of carbonyl (C=O) groups excluding carboxylic acids is 2. The lowest BCUT2D eigenvalue weighted by molar-refractivity contribution is 0.0593. The van der Waals surface area contributed by atoms with Crippen molar-refractivity contribution in [2.45, 2.75) is 51.5 Å². The lowest BCUT2D eigenvalue weighted by Crippen LogP contribution is -2.41. The first-order chi connectivity index (χ1) is 15.5. The number of piperidine rings is 2. The van der Waals surface area contributed by atoms with Crippen LogP contribution in [0.5, 0.6) is 0 Å². The normalized spacial score (nSPS) is 19.0. The highest BCUT2D eigenvalue weighted by molar-refractivity contribution is 5.97. The molecular formula is C25H33N5O2. The van der Waals surface area contributed by atoms with Gasteiger partial charge in [0.05, 0.1) is 17.3 Å². The number of hydrogen-bond acceptors (Lipinski definition) is 5. The number of likely N-dealkylation sites (tertiary alicyclic amines) is 2. The fourth-order valence-electron chi connectivity index (χ4n) is 4.72. The topological polar surface area (TPSA) is 69.6 Å². The van der Waals surface area contributed by atoms with E-state index in [1.54, 1.807) is 6.20 Å². The van der Waals surface area contributed by atoms with Gasteiger partial charge in [-0.05, 0) is 63.6 Å². The Morgan fingerprint density at radius 3 is 2.50 bits per heavy atom. The van der Waals surface area contributed by atoms with Crippen LogP contribution in [0.1, 0.15) is 76.8 Å². The molecule has 2 amide bonds. The Balaban J connectivity index is 1.68. The van der Waals surface area contributed by atoms with Crippen LogP contribution in [0.4, 0.5) is 5.69 Å². The van der Waals surface area contributed by atoms with E-state index < -0.39 is 0 Å². The molecule has 2 fully saturated rings. The van der Waals surface area contributed by atoms with Gasteiger partial charge in [0.1, 0.15) is 5.82 Å². The molecule has 0 N–H and O–H groups in total. The van der Waals surface area contributed by atoms with Crippen molar-refractivity contribution in [3.63, 3.8) is 0 Å². The van der Waals surface area contributed by atoms with E-state index in [0.717, 1.165) is 57.3 Å². The molecule has 2 saturated heterocycles. The molecular weight excluding hydrogens is 402 g/mol. The molecule has 3 heterocycles. The zero-order valence-corrected chi connectivity index (χ0v) is 19.4. The van der Waals surface area contributed by atoms with Crippen LogP contribution in [0.2, 0.25) is 0 Å². The summed E-state index contributed by atoms with van der Waals surface area (Å²) < 4.78 is 0. The third-order valence-electron chi connectivity index (χ3n) is 6.50. The molecule has 32 heavy (non-hydrogen) atoms. The zero-order chi connectivity index (χ0) is 22.7. The van der Waals surface area contributed by atoms with Gasteiger partial charge in [-0.3, -0.25) is 9.59 Å². The molecule has 1 aromatic carbocycles. The average Bonchev–Trinajstić information content (AvgIpc) is 2.83. The standard InChI is InChI=1S/C25H33N5O2/c1-18-26-17-21(25(32)29-13-6-4-7-14-29)23(27-18)22-12-5-8-15-30(22)24(31)19-10-9-11-20(16-19)28(2)3/h9-11,16-17,22H,4-8,12-15H2,1-3H3. The predicted octanol–water partition coefficient (Wildman–Crippen LogP) is 3.84. The minimum atomic E-state index is -0.218. The largest absolute Gasteiger partial charge is 0.378 e. The summed E-state index contributed by atoms with van der Waals surface area (Å²) in [5.74, 6) is 0.612. The molecule has 0 aliphatic carbocycles. The summed E-state index contributed by atoms with van der Waals surface area (Å²) in [6.45, 7) is 4.05. The van der Waals surface area contributed by atoms with Crippen molar-refractivity contribution in [1.29, 1.82) is 0 Å². The number of aryl methyl sites for hydroxylation is 1. The Labute approximate surface area is 190 Å². The third-order valence-corrected chi connectivity index (χ3v) is 6.50. The highest BCUT2D eigenvalue weighted by Gasteiger charge is 2.34. The molecule has 2 aliphatic heterocycles. The van der Waals surface area contributed by atoms with E-state index in [1.165, 1.54) is 0 Å². The first kappa shape index (κ1) is 22.2. The van der Waals surface area contributed by atoms with Crippen LogP contribution in [-0.2, 0) is 0 Å². The van der Waals surface area contributed by atoms with Crippen LogP contribution in [0.3, 0.4) is 0 Å². The van der Waals surface area contributed by atoms with Gasteiger partial charge in [0.25, 0.3) is 11.8 Å². The van der Waals surface area contributed by atoms with Gasteiger partial charge in [-0.2, -0.15) is 0 Å². The van der Waals surface area contributed by atoms with Crippen LogP contribution in [0.25, 0.3) is 0 Å². The molecule has 4 rings (SSSR count). The Morgan fingerprint density at radius 1 is 1.00 bits per heavy atom. The Morgan fingerprint density at radius 2 is 1.75 bits per heavy atom. The third kappa shape index (κ3) is 4.61. The van der Waals surface area contributed by atoms with Gasteiger partial charge in [-0.15, -0.1) is 0 Å². The van der Waals surface area contributed by atoms with Crippen LogP contribution in [0.15, 0.2) is 30.5 Å². The summed E-state index contributed by atoms with van der Waals surface area (Å²) in [5.41, 5.74) is 2.90. The molecule has 1 aromatic heterocycles. The molecule has 2 aliphatic rings. The zero-order valence-electron chi connectivity index (χ0n) is 19.4. The van der Waals surface area contributed by atoms with Gasteiger partial charge in [-0.25, -0.2) is 9.97 Å². The minimum absolute atomic E-state index is 0.00715. The quantitative estimate of drug-likeness (QED) is 0.730. The van der Waals surface area contributed by atoms with E-state index >= 15 is 0 Å². The summed E-state index contributed by atoms with van der Waals surface area (Å²) in [6, 6.07) is 7.49. The average molecular weight is 436 g/mol. The molecule has 0 radical (unpaired) electrons. The summed E-state index contributed by atoms with van der Waals surface area (Å²) in [5, 5.41) is 0. The molecule has 0 spiro atoms. The summed E-state index contributed by atoms with van der Waals surface area (Å²) >= 11 is 0. The second-order valence-electron chi connectivity index (χ2n) is 9.02. The summed E-state index contributed by atoms with van der Waals surface area (Å²) in [7, 11) is 3.94. The number of carbonyl (C=O) groups is 2. The number of amides is 2. The van der Waals surface area contributed by atoms with E-state index in [0.29, 0.717) is 29.2 Å².